The molecule has 0 fully saturated rings. The maximum absolute atomic E-state index is 2.43. The van der Waals surface area contributed by atoms with E-state index in [9.17, 15) is 0 Å². The van der Waals surface area contributed by atoms with Crippen LogP contribution in [0.4, 0.5) is 0 Å². The fourth-order valence-corrected chi connectivity index (χ4v) is 5.23. The minimum absolute atomic E-state index is 0.0403. The molecule has 0 aliphatic heterocycles. The second kappa shape index (κ2) is 6.59. The smallest absolute Gasteiger partial charge is 0.0159 e. The van der Waals surface area contributed by atoms with Gasteiger partial charge < -0.3 is 0 Å². The van der Waals surface area contributed by atoms with Gasteiger partial charge in [-0.3, -0.25) is 0 Å². The molecule has 2 aliphatic carbocycles. The lowest BCUT2D eigenvalue weighted by atomic mass is 9.80. The number of allylic oxidation sites excluding steroid dienone is 4. The van der Waals surface area contributed by atoms with Crippen molar-refractivity contribution in [3.05, 3.63) is 101 Å². The van der Waals surface area contributed by atoms with Crippen LogP contribution in [0.3, 0.4) is 0 Å². The van der Waals surface area contributed by atoms with Gasteiger partial charge in [-0.15, -0.1) is 0 Å². The quantitative estimate of drug-likeness (QED) is 0.426. The van der Waals surface area contributed by atoms with Crippen molar-refractivity contribution in [2.45, 2.75) is 39.5 Å². The van der Waals surface area contributed by atoms with E-state index in [2.05, 4.69) is 107 Å². The van der Waals surface area contributed by atoms with E-state index in [1.165, 1.54) is 50.1 Å². The molecule has 0 saturated heterocycles. The number of fused-ring (bicyclic) bond motifs is 3. The normalized spacial score (nSPS) is 18.9. The van der Waals surface area contributed by atoms with Gasteiger partial charge in [0.25, 0.3) is 0 Å². The van der Waals surface area contributed by atoms with Crippen molar-refractivity contribution in [1.82, 2.24) is 0 Å². The lowest BCUT2D eigenvalue weighted by molar-refractivity contribution is 0.660. The summed E-state index contributed by atoms with van der Waals surface area (Å²) in [6.45, 7) is 9.32. The summed E-state index contributed by atoms with van der Waals surface area (Å²) >= 11 is 0. The summed E-state index contributed by atoms with van der Waals surface area (Å²) in [5.41, 5.74) is 12.6. The second-order valence-corrected chi connectivity index (χ2v) is 9.10. The summed E-state index contributed by atoms with van der Waals surface area (Å²) in [4.78, 5) is 0. The summed E-state index contributed by atoms with van der Waals surface area (Å²) < 4.78 is 0. The Bertz CT molecular complexity index is 1170. The Kier molecular flexibility index (Phi) is 4.13. The number of hydrogen-bond donors (Lipinski definition) is 0. The molecule has 0 heteroatoms. The summed E-state index contributed by atoms with van der Waals surface area (Å²) in [5, 5.41) is 0. The van der Waals surface area contributed by atoms with Crippen LogP contribution in [0.2, 0.25) is 0 Å². The van der Waals surface area contributed by atoms with E-state index in [1.54, 1.807) is 0 Å². The van der Waals surface area contributed by atoms with Gasteiger partial charge in [-0.1, -0.05) is 93.6 Å². The van der Waals surface area contributed by atoms with E-state index in [-0.39, 0.29) is 5.41 Å². The molecule has 0 nitrogen and oxygen atoms in total. The Balaban J connectivity index is 1.64. The van der Waals surface area contributed by atoms with Crippen LogP contribution in [0.1, 0.15) is 49.4 Å². The standard InChI is InChI=1S/C29H28/c1-19-10-5-6-11-22(19)24-14-9-13-23(20(24)2)21-16-17-26-25-12-7-8-15-27(25)29(3,4)28(26)18-21/h5-9,11-19H,10H2,1-4H3. The molecule has 3 aromatic carbocycles. The maximum atomic E-state index is 2.43. The van der Waals surface area contributed by atoms with Crippen molar-refractivity contribution >= 4 is 5.57 Å². The molecular weight excluding hydrogens is 348 g/mol. The molecule has 0 amide bonds. The van der Waals surface area contributed by atoms with Gasteiger partial charge in [-0.2, -0.15) is 0 Å². The fraction of sp³-hybridized carbons (Fsp3) is 0.241. The predicted octanol–water partition coefficient (Wildman–Crippen LogP) is 7.95. The molecule has 29 heavy (non-hydrogen) atoms. The first kappa shape index (κ1) is 18.2. The Hall–Kier alpha value is -2.86. The third-order valence-electron chi connectivity index (χ3n) is 6.97. The van der Waals surface area contributed by atoms with Crippen LogP contribution in [0.25, 0.3) is 27.8 Å². The first-order valence-corrected chi connectivity index (χ1v) is 10.7. The Morgan fingerprint density at radius 2 is 1.52 bits per heavy atom. The SMILES string of the molecule is Cc1c(C2=CC=CCC2C)cccc1-c1ccc2c(c1)C(C)(C)c1ccccc1-2. The summed E-state index contributed by atoms with van der Waals surface area (Å²) in [6, 6.07) is 22.7. The van der Waals surface area contributed by atoms with Gasteiger partial charge in [-0.05, 0) is 75.4 Å². The molecule has 3 aromatic rings. The van der Waals surface area contributed by atoms with E-state index in [4.69, 9.17) is 0 Å². The topological polar surface area (TPSA) is 0 Å². The molecule has 1 unspecified atom stereocenters. The summed E-state index contributed by atoms with van der Waals surface area (Å²) in [6.07, 6.45) is 7.90. The average Bonchev–Trinajstić information content (AvgIpc) is 2.96. The third-order valence-corrected chi connectivity index (χ3v) is 6.97. The third kappa shape index (κ3) is 2.74. The molecule has 0 saturated carbocycles. The molecule has 1 atom stereocenters. The van der Waals surface area contributed by atoms with Crippen LogP contribution < -0.4 is 0 Å². The van der Waals surface area contributed by atoms with Gasteiger partial charge in [-0.25, -0.2) is 0 Å². The van der Waals surface area contributed by atoms with Gasteiger partial charge >= 0.3 is 0 Å². The summed E-state index contributed by atoms with van der Waals surface area (Å²) in [7, 11) is 0. The average molecular weight is 377 g/mol. The molecule has 0 aromatic heterocycles. The zero-order chi connectivity index (χ0) is 20.2. The van der Waals surface area contributed by atoms with Gasteiger partial charge in [0, 0.05) is 5.41 Å². The van der Waals surface area contributed by atoms with Crippen molar-refractivity contribution < 1.29 is 0 Å². The second-order valence-electron chi connectivity index (χ2n) is 9.10. The van der Waals surface area contributed by atoms with Crippen molar-refractivity contribution in [1.29, 1.82) is 0 Å². The lowest BCUT2D eigenvalue weighted by Crippen LogP contribution is -2.14. The van der Waals surface area contributed by atoms with Crippen LogP contribution in [-0.2, 0) is 5.41 Å². The molecule has 0 heterocycles. The maximum Gasteiger partial charge on any atom is 0.0159 e. The zero-order valence-electron chi connectivity index (χ0n) is 17.8. The van der Waals surface area contributed by atoms with Crippen LogP contribution >= 0.6 is 0 Å². The highest BCUT2D eigenvalue weighted by molar-refractivity contribution is 5.85. The molecular formula is C29H28. The fourth-order valence-electron chi connectivity index (χ4n) is 5.23. The zero-order valence-corrected chi connectivity index (χ0v) is 17.8. The number of benzene rings is 3. The van der Waals surface area contributed by atoms with Crippen molar-refractivity contribution in [2.24, 2.45) is 5.92 Å². The van der Waals surface area contributed by atoms with Gasteiger partial charge in [0.05, 0.1) is 0 Å². The van der Waals surface area contributed by atoms with Crippen molar-refractivity contribution in [2.75, 3.05) is 0 Å². The van der Waals surface area contributed by atoms with Gasteiger partial charge in [0.15, 0.2) is 0 Å². The number of hydrogen-bond acceptors (Lipinski definition) is 0. The largest absolute Gasteiger partial charge is 0.0839 e. The molecule has 0 radical (unpaired) electrons. The Morgan fingerprint density at radius 3 is 2.34 bits per heavy atom. The van der Waals surface area contributed by atoms with E-state index in [1.807, 2.05) is 0 Å². The van der Waals surface area contributed by atoms with E-state index >= 15 is 0 Å². The molecule has 144 valence electrons. The first-order valence-electron chi connectivity index (χ1n) is 10.7. The van der Waals surface area contributed by atoms with Gasteiger partial charge in [0.1, 0.15) is 0 Å². The van der Waals surface area contributed by atoms with Crippen LogP contribution in [0.5, 0.6) is 0 Å². The van der Waals surface area contributed by atoms with E-state index in [0.717, 1.165) is 6.42 Å². The summed E-state index contributed by atoms with van der Waals surface area (Å²) in [5.74, 6) is 0.572. The van der Waals surface area contributed by atoms with E-state index in [0.29, 0.717) is 5.92 Å². The van der Waals surface area contributed by atoms with Crippen molar-refractivity contribution in [3.8, 4) is 22.3 Å². The van der Waals surface area contributed by atoms with Gasteiger partial charge in [0.2, 0.25) is 0 Å². The Labute approximate surface area is 174 Å². The van der Waals surface area contributed by atoms with Crippen LogP contribution in [0, 0.1) is 12.8 Å². The molecule has 0 N–H and O–H groups in total. The highest BCUT2D eigenvalue weighted by atomic mass is 14.4. The monoisotopic (exact) mass is 376 g/mol. The van der Waals surface area contributed by atoms with Crippen LogP contribution in [-0.4, -0.2) is 0 Å². The number of rotatable bonds is 2. The minimum Gasteiger partial charge on any atom is -0.0839 e. The molecule has 5 rings (SSSR count). The minimum atomic E-state index is 0.0403. The van der Waals surface area contributed by atoms with E-state index < -0.39 is 0 Å². The predicted molar refractivity (Wildman–Crippen MR) is 125 cm³/mol. The molecule has 2 aliphatic rings. The van der Waals surface area contributed by atoms with Crippen molar-refractivity contribution in [3.63, 3.8) is 0 Å². The highest BCUT2D eigenvalue weighted by Gasteiger charge is 2.35. The molecule has 0 spiro atoms. The molecule has 0 bridgehead atoms. The highest BCUT2D eigenvalue weighted by Crippen LogP contribution is 2.49. The Morgan fingerprint density at radius 1 is 0.793 bits per heavy atom. The first-order chi connectivity index (χ1) is 14.0. The lowest BCUT2D eigenvalue weighted by Gasteiger charge is -2.23. The van der Waals surface area contributed by atoms with Crippen LogP contribution in [0.15, 0.2) is 78.9 Å².